The van der Waals surface area contributed by atoms with Gasteiger partial charge in [0.2, 0.25) is 0 Å². The number of carbonyl (C=O) groups excluding carboxylic acids is 1. The minimum Gasteiger partial charge on any atom is -0.496 e. The van der Waals surface area contributed by atoms with Crippen molar-refractivity contribution in [3.05, 3.63) is 62.5 Å². The summed E-state index contributed by atoms with van der Waals surface area (Å²) in [4.78, 5) is 39.1. The van der Waals surface area contributed by atoms with Crippen molar-refractivity contribution in [2.75, 3.05) is 20.7 Å². The molecule has 1 N–H and O–H groups in total. The number of aromatic nitrogens is 2. The number of carbonyl (C=O) groups is 2. The summed E-state index contributed by atoms with van der Waals surface area (Å²) in [6, 6.07) is 5.33. The van der Waals surface area contributed by atoms with Gasteiger partial charge in [-0.05, 0) is 30.2 Å². The molecule has 0 bridgehead atoms. The highest BCUT2D eigenvalue weighted by molar-refractivity contribution is 7.09. The summed E-state index contributed by atoms with van der Waals surface area (Å²) in [6.45, 7) is 6.36. The van der Waals surface area contributed by atoms with Crippen LogP contribution in [0.2, 0.25) is 0 Å². The number of hydrogen-bond donors (Lipinski definition) is 1. The molecule has 1 aliphatic rings. The number of methoxy groups -OCH3 is 1. The molecule has 180 valence electrons. The molecule has 34 heavy (non-hydrogen) atoms. The molecule has 2 unspecified atom stereocenters. The molecular weight excluding hydrogens is 472 g/mol. The van der Waals surface area contributed by atoms with Gasteiger partial charge >= 0.3 is 5.97 Å². The third-order valence-electron chi connectivity index (χ3n) is 6.14. The molecule has 2 atom stereocenters. The zero-order valence-electron chi connectivity index (χ0n) is 19.8. The lowest BCUT2D eigenvalue weighted by Gasteiger charge is -2.36. The van der Waals surface area contributed by atoms with Crippen LogP contribution in [-0.2, 0) is 16.6 Å². The van der Waals surface area contributed by atoms with E-state index in [9.17, 15) is 14.7 Å². The molecule has 2 aromatic heterocycles. The smallest absolute Gasteiger partial charge is 0.331 e. The van der Waals surface area contributed by atoms with Crippen molar-refractivity contribution in [3.8, 4) is 5.75 Å². The van der Waals surface area contributed by atoms with E-state index >= 15 is 0 Å². The van der Waals surface area contributed by atoms with Crippen molar-refractivity contribution in [2.45, 2.75) is 44.3 Å². The van der Waals surface area contributed by atoms with Gasteiger partial charge in [0.05, 0.1) is 18.3 Å². The van der Waals surface area contributed by atoms with E-state index < -0.39 is 17.7 Å². The average Bonchev–Trinajstić information content (AvgIpc) is 3.53. The second-order valence-electron chi connectivity index (χ2n) is 9.49. The molecular formula is C24H28N4O4S2. The lowest BCUT2D eigenvalue weighted by atomic mass is 9.85. The van der Waals surface area contributed by atoms with E-state index in [4.69, 9.17) is 4.74 Å². The molecule has 0 aliphatic carbocycles. The number of thiazole rings is 2. The summed E-state index contributed by atoms with van der Waals surface area (Å²) in [7, 11) is 3.39. The van der Waals surface area contributed by atoms with Crippen LogP contribution in [0.15, 0.2) is 40.7 Å². The highest BCUT2D eigenvalue weighted by Gasteiger charge is 2.58. The summed E-state index contributed by atoms with van der Waals surface area (Å²) < 4.78 is 5.61. The molecule has 0 saturated carbocycles. The molecule has 8 nitrogen and oxygen atoms in total. The second kappa shape index (κ2) is 9.09. The van der Waals surface area contributed by atoms with Crippen LogP contribution in [0.5, 0.6) is 5.75 Å². The molecule has 0 radical (unpaired) electrons. The summed E-state index contributed by atoms with van der Waals surface area (Å²) >= 11 is 2.80. The number of aliphatic carboxylic acids is 1. The number of benzene rings is 1. The van der Waals surface area contributed by atoms with Crippen molar-refractivity contribution in [1.82, 2.24) is 19.8 Å². The molecule has 0 spiro atoms. The number of carboxylic acids is 1. The second-order valence-corrected chi connectivity index (χ2v) is 11.1. The fraction of sp³-hybridized carbons (Fsp3) is 0.417. The lowest BCUT2D eigenvalue weighted by Crippen LogP contribution is -2.57. The third kappa shape index (κ3) is 4.21. The molecule has 10 heteroatoms. The largest absolute Gasteiger partial charge is 0.496 e. The van der Waals surface area contributed by atoms with Gasteiger partial charge in [-0.1, -0.05) is 26.8 Å². The highest BCUT2D eigenvalue weighted by Crippen LogP contribution is 2.43. The van der Waals surface area contributed by atoms with Crippen LogP contribution >= 0.6 is 22.7 Å². The van der Waals surface area contributed by atoms with Gasteiger partial charge in [0, 0.05) is 35.5 Å². The van der Waals surface area contributed by atoms with E-state index in [0.29, 0.717) is 22.0 Å². The van der Waals surface area contributed by atoms with Gasteiger partial charge in [0.1, 0.15) is 16.9 Å². The first kappa shape index (κ1) is 24.3. The number of nitrogens with zero attached hydrogens (tertiary/aromatic N) is 4. The maximum atomic E-state index is 14.1. The molecule has 1 amide bonds. The fourth-order valence-electron chi connectivity index (χ4n) is 4.57. The van der Waals surface area contributed by atoms with Crippen molar-refractivity contribution in [3.63, 3.8) is 0 Å². The minimum atomic E-state index is -1.51. The van der Waals surface area contributed by atoms with Gasteiger partial charge in [0.25, 0.3) is 5.91 Å². The van der Waals surface area contributed by atoms with E-state index in [1.54, 1.807) is 30.9 Å². The average molecular weight is 501 g/mol. The number of likely N-dealkylation sites (N-methyl/N-ethyl adjacent to an activating group) is 1. The van der Waals surface area contributed by atoms with Crippen molar-refractivity contribution in [2.24, 2.45) is 0 Å². The number of amides is 1. The number of carboxylic acid groups (broad SMARTS) is 1. The Morgan fingerprint density at radius 3 is 2.62 bits per heavy atom. The Morgan fingerprint density at radius 1 is 1.29 bits per heavy atom. The van der Waals surface area contributed by atoms with Crippen LogP contribution in [0.25, 0.3) is 0 Å². The Bertz CT molecular complexity index is 1170. The Labute approximate surface area is 206 Å². The standard InChI is InChI=1S/C24H28N4O4S2/c1-23(2,3)17-7-6-15(10-18(17)32-5)21(29)28-20(19-25-8-9-34-19)27(4)13-24(28,22(30)31)11-16-12-33-14-26-16/h6-10,12,14,20H,11,13H2,1-5H3,(H,30,31). The molecule has 4 rings (SSSR count). The predicted octanol–water partition coefficient (Wildman–Crippen LogP) is 4.06. The summed E-state index contributed by atoms with van der Waals surface area (Å²) in [6.07, 6.45) is 1.15. The van der Waals surface area contributed by atoms with E-state index in [0.717, 1.165) is 5.56 Å². The monoisotopic (exact) mass is 500 g/mol. The highest BCUT2D eigenvalue weighted by atomic mass is 32.1. The van der Waals surface area contributed by atoms with E-state index in [2.05, 4.69) is 30.7 Å². The SMILES string of the molecule is COc1cc(C(=O)N2C(c3nccs3)N(C)CC2(Cc2cscn2)C(=O)O)ccc1C(C)(C)C. The first-order valence-corrected chi connectivity index (χ1v) is 12.6. The van der Waals surface area contributed by atoms with Gasteiger partial charge in [-0.3, -0.25) is 14.6 Å². The van der Waals surface area contributed by atoms with Gasteiger partial charge in [0.15, 0.2) is 5.54 Å². The number of rotatable bonds is 6. The predicted molar refractivity (Wildman–Crippen MR) is 132 cm³/mol. The van der Waals surface area contributed by atoms with Crippen LogP contribution in [0.1, 0.15) is 53.6 Å². The zero-order chi connectivity index (χ0) is 24.7. The first-order valence-electron chi connectivity index (χ1n) is 10.8. The van der Waals surface area contributed by atoms with Gasteiger partial charge in [-0.2, -0.15) is 0 Å². The van der Waals surface area contributed by atoms with E-state index in [1.165, 1.54) is 27.6 Å². The normalized spacial score (nSPS) is 21.1. The molecule has 1 aromatic carbocycles. The molecule has 1 aliphatic heterocycles. The van der Waals surface area contributed by atoms with Gasteiger partial charge in [-0.25, -0.2) is 14.8 Å². The topological polar surface area (TPSA) is 95.9 Å². The third-order valence-corrected chi connectivity index (χ3v) is 7.59. The maximum Gasteiger partial charge on any atom is 0.331 e. The Hall–Kier alpha value is -2.82. The van der Waals surface area contributed by atoms with Gasteiger partial charge < -0.3 is 9.84 Å². The summed E-state index contributed by atoms with van der Waals surface area (Å²) in [5.74, 6) is -0.865. The fourth-order valence-corrected chi connectivity index (χ4v) is 5.92. The summed E-state index contributed by atoms with van der Waals surface area (Å²) in [5, 5.41) is 14.8. The quantitative estimate of drug-likeness (QED) is 0.545. The number of hydrogen-bond acceptors (Lipinski definition) is 8. The Morgan fingerprint density at radius 2 is 2.06 bits per heavy atom. The maximum absolute atomic E-state index is 14.1. The number of ether oxygens (including phenoxy) is 1. The van der Waals surface area contributed by atoms with Crippen LogP contribution < -0.4 is 4.74 Å². The zero-order valence-corrected chi connectivity index (χ0v) is 21.4. The molecule has 1 saturated heterocycles. The van der Waals surface area contributed by atoms with Crippen molar-refractivity contribution in [1.29, 1.82) is 0 Å². The van der Waals surface area contributed by atoms with Crippen LogP contribution in [0.3, 0.4) is 0 Å². The van der Waals surface area contributed by atoms with Crippen molar-refractivity contribution >= 4 is 34.6 Å². The van der Waals surface area contributed by atoms with Crippen LogP contribution in [-0.4, -0.2) is 63.0 Å². The molecule has 3 aromatic rings. The van der Waals surface area contributed by atoms with E-state index in [-0.39, 0.29) is 24.3 Å². The summed E-state index contributed by atoms with van der Waals surface area (Å²) in [5.41, 5.74) is 1.95. The lowest BCUT2D eigenvalue weighted by molar-refractivity contribution is -0.148. The van der Waals surface area contributed by atoms with Crippen LogP contribution in [0, 0.1) is 0 Å². The molecule has 1 fully saturated rings. The Kier molecular flexibility index (Phi) is 6.50. The van der Waals surface area contributed by atoms with Gasteiger partial charge in [-0.15, -0.1) is 22.7 Å². The minimum absolute atomic E-state index is 0.0982. The van der Waals surface area contributed by atoms with E-state index in [1.807, 2.05) is 28.8 Å². The Balaban J connectivity index is 1.85. The van der Waals surface area contributed by atoms with Crippen molar-refractivity contribution < 1.29 is 19.4 Å². The molecule has 3 heterocycles. The van der Waals surface area contributed by atoms with Crippen LogP contribution in [0.4, 0.5) is 0 Å². The first-order chi connectivity index (χ1) is 16.1.